The Labute approximate surface area is 179 Å². The molecule has 158 valence electrons. The van der Waals surface area contributed by atoms with Crippen LogP contribution in [0.1, 0.15) is 53.5 Å². The van der Waals surface area contributed by atoms with E-state index < -0.39 is 0 Å². The Kier molecular flexibility index (Phi) is 8.21. The van der Waals surface area contributed by atoms with E-state index in [-0.39, 0.29) is 19.8 Å². The van der Waals surface area contributed by atoms with Crippen LogP contribution in [0.25, 0.3) is 11.1 Å². The minimum Gasteiger partial charge on any atom is -0.396 e. The maximum Gasteiger partial charge on any atom is 0.0685 e. The van der Waals surface area contributed by atoms with Crippen molar-refractivity contribution >= 4 is 0 Å². The fraction of sp³-hybridized carbons (Fsp3) is 0.333. The highest BCUT2D eigenvalue weighted by atomic mass is 16.3. The van der Waals surface area contributed by atoms with Crippen molar-refractivity contribution in [2.45, 2.75) is 51.7 Å². The molecule has 3 aromatic carbocycles. The SMILES string of the molecule is CCC(CCO)c1cccc(-c2cccc(CCc3ccc(CO)c(CO)c3)c2)c1. The minimum absolute atomic E-state index is 0.0471. The predicted molar refractivity (Wildman–Crippen MR) is 122 cm³/mol. The molecule has 0 aliphatic heterocycles. The van der Waals surface area contributed by atoms with Gasteiger partial charge in [0.2, 0.25) is 0 Å². The number of hydrogen-bond acceptors (Lipinski definition) is 3. The summed E-state index contributed by atoms with van der Waals surface area (Å²) < 4.78 is 0. The van der Waals surface area contributed by atoms with Crippen molar-refractivity contribution in [1.29, 1.82) is 0 Å². The maximum atomic E-state index is 9.51. The van der Waals surface area contributed by atoms with E-state index in [0.29, 0.717) is 5.92 Å². The minimum atomic E-state index is -0.0510. The van der Waals surface area contributed by atoms with Crippen molar-refractivity contribution in [2.75, 3.05) is 6.61 Å². The quantitative estimate of drug-likeness (QED) is 0.446. The van der Waals surface area contributed by atoms with Gasteiger partial charge in [0, 0.05) is 6.61 Å². The number of rotatable bonds is 10. The highest BCUT2D eigenvalue weighted by molar-refractivity contribution is 5.65. The lowest BCUT2D eigenvalue weighted by Crippen LogP contribution is -2.00. The number of hydrogen-bond donors (Lipinski definition) is 3. The Balaban J connectivity index is 1.75. The second-order valence-corrected chi connectivity index (χ2v) is 7.86. The summed E-state index contributed by atoms with van der Waals surface area (Å²) >= 11 is 0. The van der Waals surface area contributed by atoms with E-state index in [1.807, 2.05) is 18.2 Å². The highest BCUT2D eigenvalue weighted by Crippen LogP contribution is 2.28. The van der Waals surface area contributed by atoms with Gasteiger partial charge in [-0.2, -0.15) is 0 Å². The lowest BCUT2D eigenvalue weighted by molar-refractivity contribution is 0.260. The smallest absolute Gasteiger partial charge is 0.0685 e. The van der Waals surface area contributed by atoms with Gasteiger partial charge in [-0.3, -0.25) is 0 Å². The molecule has 0 aliphatic carbocycles. The number of aliphatic hydroxyl groups is 3. The van der Waals surface area contributed by atoms with Crippen molar-refractivity contribution in [3.05, 3.63) is 94.5 Å². The van der Waals surface area contributed by atoms with Gasteiger partial charge < -0.3 is 15.3 Å². The summed E-state index contributed by atoms with van der Waals surface area (Å²) in [6.45, 7) is 2.29. The molecule has 0 aliphatic rings. The molecule has 0 radical (unpaired) electrons. The molecule has 0 heterocycles. The first-order valence-electron chi connectivity index (χ1n) is 10.8. The molecular formula is C27H32O3. The Morgan fingerprint density at radius 3 is 2.03 bits per heavy atom. The monoisotopic (exact) mass is 404 g/mol. The standard InChI is InChI=1S/C27H32O3/c1-2-22(13-14-28)24-7-4-8-25(17-24)23-6-3-5-20(15-23)9-10-21-11-12-26(18-29)27(16-21)19-30/h3-8,11-12,15-17,22,28-30H,2,9-10,13-14,18-19H2,1H3. The molecule has 0 saturated heterocycles. The number of aliphatic hydroxyl groups excluding tert-OH is 3. The van der Waals surface area contributed by atoms with Crippen LogP contribution in [-0.4, -0.2) is 21.9 Å². The van der Waals surface area contributed by atoms with Crippen LogP contribution >= 0.6 is 0 Å². The van der Waals surface area contributed by atoms with Gasteiger partial charge >= 0.3 is 0 Å². The number of aryl methyl sites for hydroxylation is 2. The Hall–Kier alpha value is -2.46. The summed E-state index contributed by atoms with van der Waals surface area (Å²) in [6, 6.07) is 23.3. The first-order valence-corrected chi connectivity index (χ1v) is 10.8. The summed E-state index contributed by atoms with van der Waals surface area (Å²) in [5.41, 5.74) is 7.73. The fourth-order valence-electron chi connectivity index (χ4n) is 4.07. The summed E-state index contributed by atoms with van der Waals surface area (Å²) in [5, 5.41) is 28.2. The highest BCUT2D eigenvalue weighted by Gasteiger charge is 2.10. The average molecular weight is 405 g/mol. The van der Waals surface area contributed by atoms with Crippen LogP contribution in [0.5, 0.6) is 0 Å². The Morgan fingerprint density at radius 1 is 0.700 bits per heavy atom. The topological polar surface area (TPSA) is 60.7 Å². The normalized spacial score (nSPS) is 12.1. The molecule has 30 heavy (non-hydrogen) atoms. The molecule has 3 rings (SSSR count). The molecule has 0 fully saturated rings. The van der Waals surface area contributed by atoms with Crippen LogP contribution in [0.4, 0.5) is 0 Å². The molecular weight excluding hydrogens is 372 g/mol. The van der Waals surface area contributed by atoms with Crippen LogP contribution in [0, 0.1) is 0 Å². The van der Waals surface area contributed by atoms with E-state index in [4.69, 9.17) is 0 Å². The second kappa shape index (κ2) is 11.1. The molecule has 3 N–H and O–H groups in total. The summed E-state index contributed by atoms with van der Waals surface area (Å²) in [4.78, 5) is 0. The molecule has 0 aromatic heterocycles. The largest absolute Gasteiger partial charge is 0.396 e. The molecule has 0 bridgehead atoms. The third-order valence-electron chi connectivity index (χ3n) is 5.90. The zero-order valence-electron chi connectivity index (χ0n) is 17.7. The molecule has 3 aromatic rings. The second-order valence-electron chi connectivity index (χ2n) is 7.86. The van der Waals surface area contributed by atoms with Crippen molar-refractivity contribution in [3.8, 4) is 11.1 Å². The van der Waals surface area contributed by atoms with E-state index in [9.17, 15) is 15.3 Å². The van der Waals surface area contributed by atoms with Crippen molar-refractivity contribution in [1.82, 2.24) is 0 Å². The summed E-state index contributed by atoms with van der Waals surface area (Å²) in [5.74, 6) is 0.390. The van der Waals surface area contributed by atoms with Gasteiger partial charge in [-0.1, -0.05) is 73.7 Å². The van der Waals surface area contributed by atoms with Gasteiger partial charge in [0.15, 0.2) is 0 Å². The molecule has 3 nitrogen and oxygen atoms in total. The van der Waals surface area contributed by atoms with Crippen LogP contribution in [-0.2, 0) is 26.1 Å². The van der Waals surface area contributed by atoms with Crippen molar-refractivity contribution in [2.24, 2.45) is 0 Å². The molecule has 1 atom stereocenters. The Bertz CT molecular complexity index is 948. The van der Waals surface area contributed by atoms with Gasteiger partial charge in [-0.15, -0.1) is 0 Å². The predicted octanol–water partition coefficient (Wildman–Crippen LogP) is 5.00. The van der Waals surface area contributed by atoms with E-state index in [1.54, 1.807) is 0 Å². The van der Waals surface area contributed by atoms with E-state index >= 15 is 0 Å². The summed E-state index contributed by atoms with van der Waals surface area (Å²) in [6.07, 6.45) is 3.62. The van der Waals surface area contributed by atoms with Gasteiger partial charge in [-0.05, 0) is 70.5 Å². The van der Waals surface area contributed by atoms with Gasteiger partial charge in [0.25, 0.3) is 0 Å². The third-order valence-corrected chi connectivity index (χ3v) is 5.90. The zero-order chi connectivity index (χ0) is 21.3. The third kappa shape index (κ3) is 5.57. The molecule has 3 heteroatoms. The van der Waals surface area contributed by atoms with Gasteiger partial charge in [0.05, 0.1) is 13.2 Å². The van der Waals surface area contributed by atoms with E-state index in [1.165, 1.54) is 27.8 Å². The molecule has 0 amide bonds. The fourth-order valence-corrected chi connectivity index (χ4v) is 4.07. The van der Waals surface area contributed by atoms with Crippen LogP contribution in [0.15, 0.2) is 66.7 Å². The molecule has 0 saturated carbocycles. The van der Waals surface area contributed by atoms with Crippen LogP contribution in [0.2, 0.25) is 0 Å². The van der Waals surface area contributed by atoms with Crippen molar-refractivity contribution < 1.29 is 15.3 Å². The lowest BCUT2D eigenvalue weighted by Gasteiger charge is -2.15. The van der Waals surface area contributed by atoms with Gasteiger partial charge in [0.1, 0.15) is 0 Å². The Morgan fingerprint density at radius 2 is 1.37 bits per heavy atom. The van der Waals surface area contributed by atoms with E-state index in [2.05, 4.69) is 55.5 Å². The van der Waals surface area contributed by atoms with Gasteiger partial charge in [-0.25, -0.2) is 0 Å². The average Bonchev–Trinajstić information content (AvgIpc) is 2.81. The maximum absolute atomic E-state index is 9.51. The van der Waals surface area contributed by atoms with E-state index in [0.717, 1.165) is 36.8 Å². The molecule has 1 unspecified atom stereocenters. The van der Waals surface area contributed by atoms with Crippen molar-refractivity contribution in [3.63, 3.8) is 0 Å². The summed E-state index contributed by atoms with van der Waals surface area (Å²) in [7, 11) is 0. The zero-order valence-corrected chi connectivity index (χ0v) is 17.7. The first kappa shape index (κ1) is 22.2. The lowest BCUT2D eigenvalue weighted by atomic mass is 9.90. The molecule has 0 spiro atoms. The number of benzene rings is 3. The first-order chi connectivity index (χ1) is 14.7. The van der Waals surface area contributed by atoms with Crippen LogP contribution < -0.4 is 0 Å². The van der Waals surface area contributed by atoms with Crippen LogP contribution in [0.3, 0.4) is 0 Å².